The van der Waals surface area contributed by atoms with Gasteiger partial charge in [0.2, 0.25) is 0 Å². The maximum Gasteiger partial charge on any atom is 0.405 e. The number of halogens is 6. The van der Waals surface area contributed by atoms with E-state index in [1.807, 2.05) is 0 Å². The number of rotatable bonds is 5. The first-order chi connectivity index (χ1) is 7.11. The second kappa shape index (κ2) is 5.69. The van der Waals surface area contributed by atoms with E-state index in [0.29, 0.717) is 0 Å². The summed E-state index contributed by atoms with van der Waals surface area (Å²) in [6.45, 7) is -4.28. The lowest BCUT2D eigenvalue weighted by molar-refractivity contribution is -0.207. The molecule has 0 aromatic heterocycles. The highest BCUT2D eigenvalue weighted by atomic mass is 19.4. The van der Waals surface area contributed by atoms with Crippen molar-refractivity contribution in [3.05, 3.63) is 0 Å². The quantitative estimate of drug-likeness (QED) is 0.711. The van der Waals surface area contributed by atoms with Crippen LogP contribution in [0.25, 0.3) is 0 Å². The van der Waals surface area contributed by atoms with Gasteiger partial charge >= 0.3 is 12.4 Å². The van der Waals surface area contributed by atoms with Gasteiger partial charge in [0, 0.05) is 13.1 Å². The van der Waals surface area contributed by atoms with Gasteiger partial charge in [-0.2, -0.15) is 26.3 Å². The summed E-state index contributed by atoms with van der Waals surface area (Å²) < 4.78 is 72.8. The number of aliphatic hydroxyl groups is 1. The lowest BCUT2D eigenvalue weighted by atomic mass is 10.2. The predicted molar refractivity (Wildman–Crippen MR) is 43.6 cm³/mol. The van der Waals surface area contributed by atoms with E-state index in [1.54, 1.807) is 0 Å². The number of hydrogen-bond acceptors (Lipinski definition) is 3. The van der Waals surface area contributed by atoms with Crippen LogP contribution in [-0.4, -0.2) is 54.6 Å². The van der Waals surface area contributed by atoms with Gasteiger partial charge in [-0.1, -0.05) is 0 Å². The van der Waals surface area contributed by atoms with Crippen LogP contribution in [0.5, 0.6) is 0 Å². The minimum absolute atomic E-state index is 0.0694. The smallest absolute Gasteiger partial charge is 0.395 e. The molecule has 0 spiro atoms. The van der Waals surface area contributed by atoms with E-state index in [0.717, 1.165) is 0 Å². The topological polar surface area (TPSA) is 49.5 Å². The fraction of sp³-hybridized carbons (Fsp3) is 1.00. The number of hydrogen-bond donors (Lipinski definition) is 2. The molecule has 0 aliphatic carbocycles. The molecular formula is C7H12F6N2O. The Morgan fingerprint density at radius 2 is 1.62 bits per heavy atom. The Kier molecular flexibility index (Phi) is 5.50. The highest BCUT2D eigenvalue weighted by molar-refractivity contribution is 4.81. The SMILES string of the molecule is NCC(N(CCO)CC(F)(F)F)C(F)(F)F. The van der Waals surface area contributed by atoms with Crippen LogP contribution in [0.2, 0.25) is 0 Å². The predicted octanol–water partition coefficient (Wildman–Crippen LogP) is 0.733. The minimum atomic E-state index is -4.85. The molecule has 0 aromatic rings. The van der Waals surface area contributed by atoms with Crippen molar-refractivity contribution in [2.45, 2.75) is 18.4 Å². The van der Waals surface area contributed by atoms with Crippen LogP contribution in [0.3, 0.4) is 0 Å². The molecule has 9 heteroatoms. The van der Waals surface area contributed by atoms with Crippen LogP contribution in [0.4, 0.5) is 26.3 Å². The summed E-state index contributed by atoms with van der Waals surface area (Å²) >= 11 is 0. The van der Waals surface area contributed by atoms with E-state index in [4.69, 9.17) is 10.8 Å². The lowest BCUT2D eigenvalue weighted by Gasteiger charge is -2.32. The monoisotopic (exact) mass is 254 g/mol. The summed E-state index contributed by atoms with van der Waals surface area (Å²) in [6.07, 6.45) is -9.62. The zero-order valence-electron chi connectivity index (χ0n) is 8.15. The molecule has 0 aliphatic heterocycles. The molecule has 0 heterocycles. The number of alkyl halides is 6. The molecule has 98 valence electrons. The van der Waals surface area contributed by atoms with E-state index in [2.05, 4.69) is 0 Å². The van der Waals surface area contributed by atoms with Crippen LogP contribution in [0.1, 0.15) is 0 Å². The summed E-state index contributed by atoms with van der Waals surface area (Å²) in [6, 6.07) is -2.40. The van der Waals surface area contributed by atoms with Crippen LogP contribution in [0, 0.1) is 0 Å². The van der Waals surface area contributed by atoms with Crippen molar-refractivity contribution >= 4 is 0 Å². The Morgan fingerprint density at radius 1 is 1.12 bits per heavy atom. The van der Waals surface area contributed by atoms with E-state index in [-0.39, 0.29) is 4.90 Å². The standard InChI is InChI=1S/C7H12F6N2O/c8-6(9,10)4-15(1-2-16)5(3-14)7(11,12)13/h5,16H,1-4,14H2. The highest BCUT2D eigenvalue weighted by Gasteiger charge is 2.45. The summed E-state index contributed by atoms with van der Waals surface area (Å²) in [5.41, 5.74) is 4.80. The second-order valence-corrected chi connectivity index (χ2v) is 3.10. The van der Waals surface area contributed by atoms with Gasteiger partial charge in [0.05, 0.1) is 13.2 Å². The minimum Gasteiger partial charge on any atom is -0.395 e. The van der Waals surface area contributed by atoms with E-state index < -0.39 is 44.6 Å². The fourth-order valence-electron chi connectivity index (χ4n) is 1.19. The molecule has 0 saturated heterocycles. The van der Waals surface area contributed by atoms with Gasteiger partial charge in [0.15, 0.2) is 0 Å². The van der Waals surface area contributed by atoms with Crippen molar-refractivity contribution < 1.29 is 31.4 Å². The number of nitrogens with two attached hydrogens (primary N) is 1. The molecule has 0 amide bonds. The average Bonchev–Trinajstić information content (AvgIpc) is 1.99. The molecule has 0 aromatic carbocycles. The summed E-state index contributed by atoms with van der Waals surface area (Å²) in [7, 11) is 0. The normalized spacial score (nSPS) is 15.6. The van der Waals surface area contributed by atoms with Crippen LogP contribution in [-0.2, 0) is 0 Å². The molecule has 3 N–H and O–H groups in total. The van der Waals surface area contributed by atoms with Crippen molar-refractivity contribution in [3.8, 4) is 0 Å². The van der Waals surface area contributed by atoms with Gasteiger partial charge in [-0.3, -0.25) is 4.90 Å². The van der Waals surface area contributed by atoms with Gasteiger partial charge < -0.3 is 10.8 Å². The molecule has 1 unspecified atom stereocenters. The zero-order chi connectivity index (χ0) is 13.0. The Balaban J connectivity index is 4.73. The first-order valence-corrected chi connectivity index (χ1v) is 4.30. The van der Waals surface area contributed by atoms with Crippen molar-refractivity contribution in [2.75, 3.05) is 26.2 Å². The third kappa shape index (κ3) is 5.52. The Bertz CT molecular complexity index is 204. The third-order valence-corrected chi connectivity index (χ3v) is 1.81. The largest absolute Gasteiger partial charge is 0.405 e. The fourth-order valence-corrected chi connectivity index (χ4v) is 1.19. The highest BCUT2D eigenvalue weighted by Crippen LogP contribution is 2.27. The van der Waals surface area contributed by atoms with Gasteiger partial charge in [-0.15, -0.1) is 0 Å². The summed E-state index contributed by atoms with van der Waals surface area (Å²) in [5.74, 6) is 0. The van der Waals surface area contributed by atoms with Crippen LogP contribution in [0.15, 0.2) is 0 Å². The summed E-state index contributed by atoms with van der Waals surface area (Å²) in [4.78, 5) is 0.0694. The Hall–Kier alpha value is -0.540. The lowest BCUT2D eigenvalue weighted by Crippen LogP contribution is -2.53. The molecule has 0 aliphatic rings. The summed E-state index contributed by atoms with van der Waals surface area (Å²) in [5, 5.41) is 8.43. The van der Waals surface area contributed by atoms with Gasteiger partial charge in [-0.25, -0.2) is 0 Å². The van der Waals surface area contributed by atoms with Gasteiger partial charge in [0.1, 0.15) is 6.04 Å². The van der Waals surface area contributed by atoms with E-state index >= 15 is 0 Å². The molecule has 1 atom stereocenters. The number of nitrogens with zero attached hydrogens (tertiary/aromatic N) is 1. The average molecular weight is 254 g/mol. The van der Waals surface area contributed by atoms with E-state index in [9.17, 15) is 26.3 Å². The maximum atomic E-state index is 12.3. The van der Waals surface area contributed by atoms with Crippen molar-refractivity contribution in [3.63, 3.8) is 0 Å². The Morgan fingerprint density at radius 3 is 1.88 bits per heavy atom. The molecule has 0 rings (SSSR count). The Labute approximate surface area is 87.8 Å². The maximum absolute atomic E-state index is 12.3. The van der Waals surface area contributed by atoms with Crippen LogP contribution >= 0.6 is 0 Å². The second-order valence-electron chi connectivity index (χ2n) is 3.10. The molecule has 3 nitrogen and oxygen atoms in total. The molecule has 0 bridgehead atoms. The molecule has 0 fully saturated rings. The first-order valence-electron chi connectivity index (χ1n) is 4.30. The third-order valence-electron chi connectivity index (χ3n) is 1.81. The van der Waals surface area contributed by atoms with E-state index in [1.165, 1.54) is 0 Å². The zero-order valence-corrected chi connectivity index (χ0v) is 8.15. The van der Waals surface area contributed by atoms with Crippen molar-refractivity contribution in [1.29, 1.82) is 0 Å². The molecule has 0 radical (unpaired) electrons. The van der Waals surface area contributed by atoms with Gasteiger partial charge in [-0.05, 0) is 0 Å². The van der Waals surface area contributed by atoms with Crippen LogP contribution < -0.4 is 5.73 Å². The molecule has 16 heavy (non-hydrogen) atoms. The first kappa shape index (κ1) is 15.5. The van der Waals surface area contributed by atoms with Crippen molar-refractivity contribution in [2.24, 2.45) is 5.73 Å². The van der Waals surface area contributed by atoms with Crippen molar-refractivity contribution in [1.82, 2.24) is 4.90 Å². The van der Waals surface area contributed by atoms with Gasteiger partial charge in [0.25, 0.3) is 0 Å². The number of aliphatic hydroxyl groups excluding tert-OH is 1. The molecular weight excluding hydrogens is 242 g/mol. The molecule has 0 saturated carbocycles.